The van der Waals surface area contributed by atoms with Crippen molar-refractivity contribution in [1.29, 1.82) is 0 Å². The molecule has 0 aliphatic carbocycles. The third-order valence-corrected chi connectivity index (χ3v) is 1.89. The average Bonchev–Trinajstić information content (AvgIpc) is 2.18. The maximum Gasteiger partial charge on any atom is 0.118 e. The van der Waals surface area contributed by atoms with Crippen LogP contribution in [0.15, 0.2) is 36.9 Å². The summed E-state index contributed by atoms with van der Waals surface area (Å²) in [6.45, 7) is 3.58. The number of hydrogen-bond acceptors (Lipinski definition) is 2. The molecule has 2 heteroatoms. The lowest BCUT2D eigenvalue weighted by Crippen LogP contribution is -1.95. The Kier molecular flexibility index (Phi) is 3.53. The van der Waals surface area contributed by atoms with Crippen molar-refractivity contribution in [3.63, 3.8) is 0 Å². The number of aliphatic hydroxyl groups excluding tert-OH is 1. The van der Waals surface area contributed by atoms with Crippen molar-refractivity contribution in [3.05, 3.63) is 42.5 Å². The lowest BCUT2D eigenvalue weighted by Gasteiger charge is -2.08. The summed E-state index contributed by atoms with van der Waals surface area (Å²) in [6.07, 6.45) is 1.82. The van der Waals surface area contributed by atoms with Crippen LogP contribution in [0, 0.1) is 0 Å². The van der Waals surface area contributed by atoms with E-state index in [4.69, 9.17) is 4.74 Å². The second kappa shape index (κ2) is 4.67. The van der Waals surface area contributed by atoms with Gasteiger partial charge in [0, 0.05) is 0 Å². The zero-order valence-electron chi connectivity index (χ0n) is 7.73. The second-order valence-corrected chi connectivity index (χ2v) is 2.81. The maximum absolute atomic E-state index is 9.57. The molecule has 0 unspecified atom stereocenters. The molecule has 0 radical (unpaired) electrons. The summed E-state index contributed by atoms with van der Waals surface area (Å²) < 4.78 is 5.01. The number of aliphatic hydroxyl groups is 1. The zero-order chi connectivity index (χ0) is 9.68. The van der Waals surface area contributed by atoms with Crippen LogP contribution in [-0.4, -0.2) is 12.2 Å². The molecule has 0 saturated carbocycles. The number of rotatable bonds is 4. The van der Waals surface area contributed by atoms with Gasteiger partial charge in [-0.05, 0) is 24.1 Å². The minimum atomic E-state index is -0.455. The van der Waals surface area contributed by atoms with Gasteiger partial charge in [-0.3, -0.25) is 0 Å². The van der Waals surface area contributed by atoms with Crippen molar-refractivity contribution in [2.24, 2.45) is 0 Å². The van der Waals surface area contributed by atoms with Gasteiger partial charge in [0.2, 0.25) is 0 Å². The Morgan fingerprint density at radius 1 is 1.46 bits per heavy atom. The molecule has 0 heterocycles. The molecule has 2 nitrogen and oxygen atoms in total. The number of ether oxygens (including phenoxy) is 1. The van der Waals surface area contributed by atoms with Crippen molar-refractivity contribution >= 4 is 0 Å². The molecule has 1 aromatic carbocycles. The SMILES string of the molecule is C=CC[C@@H](O)c1ccc(OC)cc1. The van der Waals surface area contributed by atoms with Crippen LogP contribution in [0.4, 0.5) is 0 Å². The van der Waals surface area contributed by atoms with Crippen molar-refractivity contribution < 1.29 is 9.84 Å². The van der Waals surface area contributed by atoms with Crippen LogP contribution in [0.25, 0.3) is 0 Å². The molecule has 0 saturated heterocycles. The topological polar surface area (TPSA) is 29.5 Å². The van der Waals surface area contributed by atoms with Crippen molar-refractivity contribution in [3.8, 4) is 5.75 Å². The van der Waals surface area contributed by atoms with Gasteiger partial charge >= 0.3 is 0 Å². The summed E-state index contributed by atoms with van der Waals surface area (Å²) >= 11 is 0. The fourth-order valence-electron chi connectivity index (χ4n) is 1.12. The van der Waals surface area contributed by atoms with Crippen LogP contribution in [0.1, 0.15) is 18.1 Å². The molecule has 1 atom stereocenters. The maximum atomic E-state index is 9.57. The highest BCUT2D eigenvalue weighted by Crippen LogP contribution is 2.19. The standard InChI is InChI=1S/C11H14O2/c1-3-4-11(12)9-5-7-10(13-2)8-6-9/h3,5-8,11-12H,1,4H2,2H3/t11-/m1/s1. The van der Waals surface area contributed by atoms with Crippen molar-refractivity contribution in [2.75, 3.05) is 7.11 Å². The molecule has 70 valence electrons. The molecule has 1 aromatic rings. The lowest BCUT2D eigenvalue weighted by molar-refractivity contribution is 0.181. The Morgan fingerprint density at radius 3 is 2.54 bits per heavy atom. The van der Waals surface area contributed by atoms with E-state index in [1.165, 1.54) is 0 Å². The van der Waals surface area contributed by atoms with Crippen LogP contribution in [0.2, 0.25) is 0 Å². The molecule has 0 aliphatic heterocycles. The van der Waals surface area contributed by atoms with E-state index in [1.807, 2.05) is 24.3 Å². The van der Waals surface area contributed by atoms with Crippen LogP contribution < -0.4 is 4.74 Å². The molecule has 0 aliphatic rings. The molecule has 0 aromatic heterocycles. The largest absolute Gasteiger partial charge is 0.497 e. The van der Waals surface area contributed by atoms with Gasteiger partial charge < -0.3 is 9.84 Å². The summed E-state index contributed by atoms with van der Waals surface area (Å²) in [5.74, 6) is 0.801. The molecule has 1 N–H and O–H groups in total. The van der Waals surface area contributed by atoms with Gasteiger partial charge in [0.05, 0.1) is 13.2 Å². The van der Waals surface area contributed by atoms with Crippen LogP contribution in [0.3, 0.4) is 0 Å². The zero-order valence-corrected chi connectivity index (χ0v) is 7.73. The van der Waals surface area contributed by atoms with E-state index in [2.05, 4.69) is 6.58 Å². The summed E-state index contributed by atoms with van der Waals surface area (Å²) in [5.41, 5.74) is 0.890. The predicted molar refractivity (Wildman–Crippen MR) is 52.8 cm³/mol. The minimum absolute atomic E-state index is 0.455. The highest BCUT2D eigenvalue weighted by Gasteiger charge is 2.04. The molecule has 1 rings (SSSR count). The van der Waals surface area contributed by atoms with Gasteiger partial charge in [-0.2, -0.15) is 0 Å². The van der Waals surface area contributed by atoms with Crippen molar-refractivity contribution in [1.82, 2.24) is 0 Å². The first-order valence-electron chi connectivity index (χ1n) is 4.21. The number of hydrogen-bond donors (Lipinski definition) is 1. The Balaban J connectivity index is 2.73. The van der Waals surface area contributed by atoms with E-state index in [0.29, 0.717) is 6.42 Å². The smallest absolute Gasteiger partial charge is 0.118 e. The fourth-order valence-corrected chi connectivity index (χ4v) is 1.12. The summed E-state index contributed by atoms with van der Waals surface area (Å²) in [7, 11) is 1.62. The molecule has 13 heavy (non-hydrogen) atoms. The highest BCUT2D eigenvalue weighted by atomic mass is 16.5. The van der Waals surface area contributed by atoms with Gasteiger partial charge in [-0.25, -0.2) is 0 Å². The van der Waals surface area contributed by atoms with Gasteiger partial charge in [-0.1, -0.05) is 18.2 Å². The highest BCUT2D eigenvalue weighted by molar-refractivity contribution is 5.28. The van der Waals surface area contributed by atoms with Crippen LogP contribution in [0.5, 0.6) is 5.75 Å². The first-order chi connectivity index (χ1) is 6.27. The lowest BCUT2D eigenvalue weighted by atomic mass is 10.1. The number of benzene rings is 1. The van der Waals surface area contributed by atoms with Crippen LogP contribution in [-0.2, 0) is 0 Å². The average molecular weight is 178 g/mol. The van der Waals surface area contributed by atoms with E-state index < -0.39 is 6.10 Å². The molecule has 0 amide bonds. The monoisotopic (exact) mass is 178 g/mol. The Labute approximate surface area is 78.5 Å². The third-order valence-electron chi connectivity index (χ3n) is 1.89. The Morgan fingerprint density at radius 2 is 2.08 bits per heavy atom. The Hall–Kier alpha value is -1.28. The first-order valence-corrected chi connectivity index (χ1v) is 4.21. The van der Waals surface area contributed by atoms with E-state index in [1.54, 1.807) is 13.2 Å². The van der Waals surface area contributed by atoms with Gasteiger partial charge in [-0.15, -0.1) is 6.58 Å². The fraction of sp³-hybridized carbons (Fsp3) is 0.273. The van der Waals surface area contributed by atoms with E-state index >= 15 is 0 Å². The molecular weight excluding hydrogens is 164 g/mol. The summed E-state index contributed by atoms with van der Waals surface area (Å²) in [6, 6.07) is 7.38. The molecule has 0 fully saturated rings. The van der Waals surface area contributed by atoms with E-state index in [-0.39, 0.29) is 0 Å². The van der Waals surface area contributed by atoms with E-state index in [0.717, 1.165) is 11.3 Å². The quantitative estimate of drug-likeness (QED) is 0.717. The third kappa shape index (κ3) is 2.60. The normalized spacial score (nSPS) is 12.2. The second-order valence-electron chi connectivity index (χ2n) is 2.81. The summed E-state index contributed by atoms with van der Waals surface area (Å²) in [4.78, 5) is 0. The Bertz CT molecular complexity index is 264. The van der Waals surface area contributed by atoms with Crippen molar-refractivity contribution in [2.45, 2.75) is 12.5 Å². The van der Waals surface area contributed by atoms with E-state index in [9.17, 15) is 5.11 Å². The van der Waals surface area contributed by atoms with Gasteiger partial charge in [0.15, 0.2) is 0 Å². The van der Waals surface area contributed by atoms with Gasteiger partial charge in [0.25, 0.3) is 0 Å². The minimum Gasteiger partial charge on any atom is -0.497 e. The predicted octanol–water partition coefficient (Wildman–Crippen LogP) is 2.30. The number of methoxy groups -OCH3 is 1. The molecule has 0 spiro atoms. The molecular formula is C11H14O2. The van der Waals surface area contributed by atoms with Crippen LogP contribution >= 0.6 is 0 Å². The molecule has 0 bridgehead atoms. The van der Waals surface area contributed by atoms with Gasteiger partial charge in [0.1, 0.15) is 5.75 Å². The summed E-state index contributed by atoms with van der Waals surface area (Å²) in [5, 5.41) is 9.57. The first kappa shape index (κ1) is 9.81.